The number of aromatic nitrogens is 3. The molecule has 4 rings (SSSR count). The Balaban J connectivity index is 1.67. The molecule has 0 unspecified atom stereocenters. The first-order chi connectivity index (χ1) is 15.8. The smallest absolute Gasteiger partial charge is 0.228 e. The van der Waals surface area contributed by atoms with Gasteiger partial charge in [-0.25, -0.2) is 9.50 Å². The van der Waals surface area contributed by atoms with E-state index in [0.717, 1.165) is 23.9 Å². The number of anilines is 1. The van der Waals surface area contributed by atoms with E-state index in [0.29, 0.717) is 17.1 Å². The van der Waals surface area contributed by atoms with E-state index in [1.54, 1.807) is 43.6 Å². The summed E-state index contributed by atoms with van der Waals surface area (Å²) in [5.41, 5.74) is 1.62. The second kappa shape index (κ2) is 8.79. The zero-order valence-electron chi connectivity index (χ0n) is 18.7. The number of amides is 1. The molecular weight excluding hydrogens is 420 g/mol. The monoisotopic (exact) mass is 444 g/mol. The Kier molecular flexibility index (Phi) is 5.89. The zero-order valence-corrected chi connectivity index (χ0v) is 18.7. The molecule has 0 aliphatic heterocycles. The van der Waals surface area contributed by atoms with Crippen molar-refractivity contribution in [2.75, 3.05) is 11.9 Å². The molecule has 1 saturated carbocycles. The Morgan fingerprint density at radius 3 is 2.82 bits per heavy atom. The highest BCUT2D eigenvalue weighted by atomic mass is 16.5. The summed E-state index contributed by atoms with van der Waals surface area (Å²) in [6.45, 7) is 5.40. The van der Waals surface area contributed by atoms with Crippen LogP contribution in [0.5, 0.6) is 11.6 Å². The van der Waals surface area contributed by atoms with Gasteiger partial charge in [-0.2, -0.15) is 15.6 Å². The Hall–Kier alpha value is -4.11. The summed E-state index contributed by atoms with van der Waals surface area (Å²) in [4.78, 5) is 16.3. The van der Waals surface area contributed by atoms with Crippen LogP contribution in [0.3, 0.4) is 0 Å². The van der Waals surface area contributed by atoms with Crippen molar-refractivity contribution in [1.82, 2.24) is 14.6 Å². The van der Waals surface area contributed by atoms with Gasteiger partial charge >= 0.3 is 0 Å². The Morgan fingerprint density at radius 1 is 1.33 bits per heavy atom. The molecular formula is C24H24N6O3. The minimum Gasteiger partial charge on any atom is -0.490 e. The van der Waals surface area contributed by atoms with Crippen LogP contribution in [0, 0.1) is 34.0 Å². The fourth-order valence-corrected chi connectivity index (χ4v) is 3.12. The summed E-state index contributed by atoms with van der Waals surface area (Å²) in [5.74, 6) is 1.36. The van der Waals surface area contributed by atoms with Gasteiger partial charge in [0.25, 0.3) is 0 Å². The number of nitrogens with one attached hydrogen (secondary N) is 1. The second-order valence-electron chi connectivity index (χ2n) is 8.77. The summed E-state index contributed by atoms with van der Waals surface area (Å²) < 4.78 is 13.2. The molecule has 0 spiro atoms. The van der Waals surface area contributed by atoms with Crippen LogP contribution in [-0.4, -0.2) is 33.2 Å². The van der Waals surface area contributed by atoms with Gasteiger partial charge in [0.15, 0.2) is 11.9 Å². The first-order valence-electron chi connectivity index (χ1n) is 10.7. The highest BCUT2D eigenvalue weighted by Crippen LogP contribution is 2.35. The average molecular weight is 444 g/mol. The number of ether oxygens (including phenoxy) is 2. The molecule has 3 aromatic heterocycles. The summed E-state index contributed by atoms with van der Waals surface area (Å²) in [7, 11) is 0. The first kappa shape index (κ1) is 22.1. The van der Waals surface area contributed by atoms with Gasteiger partial charge in [-0.3, -0.25) is 4.79 Å². The normalized spacial score (nSPS) is 14.2. The van der Waals surface area contributed by atoms with Crippen LogP contribution in [-0.2, 0) is 4.79 Å². The van der Waals surface area contributed by atoms with Crippen LogP contribution in [0.15, 0.2) is 36.7 Å². The molecule has 0 bridgehead atoms. The van der Waals surface area contributed by atoms with Crippen LogP contribution in [0.1, 0.15) is 33.6 Å². The molecule has 1 aliphatic rings. The number of hydrogen-bond acceptors (Lipinski definition) is 7. The maximum Gasteiger partial charge on any atom is 0.228 e. The van der Waals surface area contributed by atoms with E-state index in [2.05, 4.69) is 21.5 Å². The van der Waals surface area contributed by atoms with Crippen LogP contribution in [0.4, 0.5) is 5.82 Å². The maximum absolute atomic E-state index is 12.1. The summed E-state index contributed by atoms with van der Waals surface area (Å²) in [6, 6.07) is 11.5. The van der Waals surface area contributed by atoms with Gasteiger partial charge in [-0.15, -0.1) is 0 Å². The standard InChI is InChI=1S/C24H24N6O3/c1-15(11-25)33-22-10-19(20(12-27-22)32-14-24(2,3)13-26)17-6-7-30-18(8-17)9-21(29-30)28-23(31)16-4-5-16/h6-10,12,15-16H,4-5,14H2,1-3H3,(H,28,29,31)/t15-/m0/s1. The van der Waals surface area contributed by atoms with Crippen LogP contribution in [0.2, 0.25) is 0 Å². The maximum atomic E-state index is 12.1. The SMILES string of the molecule is C[C@@H](C#N)Oc1cc(-c2ccn3nc(NC(=O)C4CC4)cc3c2)c(OCC(C)(C)C#N)cn1. The van der Waals surface area contributed by atoms with Crippen LogP contribution >= 0.6 is 0 Å². The van der Waals surface area contributed by atoms with Crippen molar-refractivity contribution in [2.45, 2.75) is 39.7 Å². The van der Waals surface area contributed by atoms with Crippen LogP contribution in [0.25, 0.3) is 16.6 Å². The number of nitrogens with zero attached hydrogens (tertiary/aromatic N) is 5. The van der Waals surface area contributed by atoms with Crippen molar-refractivity contribution in [2.24, 2.45) is 11.3 Å². The summed E-state index contributed by atoms with van der Waals surface area (Å²) in [5, 5.41) is 25.6. The molecule has 1 N–H and O–H groups in total. The van der Waals surface area contributed by atoms with Crippen molar-refractivity contribution in [3.8, 4) is 34.9 Å². The third kappa shape index (κ3) is 5.21. The van der Waals surface area contributed by atoms with E-state index in [4.69, 9.17) is 14.7 Å². The zero-order chi connectivity index (χ0) is 23.6. The molecule has 0 aromatic carbocycles. The predicted octanol–water partition coefficient (Wildman–Crippen LogP) is 3.96. The molecule has 0 radical (unpaired) electrons. The van der Waals surface area contributed by atoms with Crippen molar-refractivity contribution in [1.29, 1.82) is 10.5 Å². The van der Waals surface area contributed by atoms with Gasteiger partial charge in [0.05, 0.1) is 23.2 Å². The number of fused-ring (bicyclic) bond motifs is 1. The van der Waals surface area contributed by atoms with Crippen molar-refractivity contribution < 1.29 is 14.3 Å². The quantitative estimate of drug-likeness (QED) is 0.557. The molecule has 1 aliphatic carbocycles. The highest BCUT2D eigenvalue weighted by Gasteiger charge is 2.30. The van der Waals surface area contributed by atoms with Crippen LogP contribution < -0.4 is 14.8 Å². The predicted molar refractivity (Wildman–Crippen MR) is 120 cm³/mol. The molecule has 3 heterocycles. The summed E-state index contributed by atoms with van der Waals surface area (Å²) >= 11 is 0. The van der Waals surface area contributed by atoms with Crippen molar-refractivity contribution >= 4 is 17.2 Å². The molecule has 3 aromatic rings. The van der Waals surface area contributed by atoms with Gasteiger partial charge in [0.1, 0.15) is 18.4 Å². The molecule has 1 amide bonds. The lowest BCUT2D eigenvalue weighted by Gasteiger charge is -2.19. The van der Waals surface area contributed by atoms with Gasteiger partial charge < -0.3 is 14.8 Å². The van der Waals surface area contributed by atoms with E-state index in [1.807, 2.05) is 18.2 Å². The number of carbonyl (C=O) groups excluding carboxylic acids is 1. The fourth-order valence-electron chi connectivity index (χ4n) is 3.12. The summed E-state index contributed by atoms with van der Waals surface area (Å²) in [6.07, 6.45) is 4.50. The molecule has 168 valence electrons. The van der Waals surface area contributed by atoms with Gasteiger partial charge in [-0.1, -0.05) is 0 Å². The molecule has 1 fully saturated rings. The van der Waals surface area contributed by atoms with Crippen molar-refractivity contribution in [3.05, 3.63) is 36.7 Å². The van der Waals surface area contributed by atoms with Crippen molar-refractivity contribution in [3.63, 3.8) is 0 Å². The lowest BCUT2D eigenvalue weighted by atomic mass is 9.97. The largest absolute Gasteiger partial charge is 0.490 e. The van der Waals surface area contributed by atoms with Gasteiger partial charge in [0, 0.05) is 29.8 Å². The Labute approximate surface area is 191 Å². The number of hydrogen-bond donors (Lipinski definition) is 1. The van der Waals surface area contributed by atoms with Gasteiger partial charge in [0.2, 0.25) is 11.8 Å². The number of carbonyl (C=O) groups is 1. The fraction of sp³-hybridized carbons (Fsp3) is 0.375. The lowest BCUT2D eigenvalue weighted by molar-refractivity contribution is -0.117. The van der Waals surface area contributed by atoms with Gasteiger partial charge in [-0.05, 0) is 51.3 Å². The van der Waals surface area contributed by atoms with E-state index < -0.39 is 11.5 Å². The number of pyridine rings is 2. The minimum absolute atomic E-state index is 0.00281. The first-order valence-corrected chi connectivity index (χ1v) is 10.7. The minimum atomic E-state index is -0.675. The number of nitriles is 2. The lowest BCUT2D eigenvalue weighted by Crippen LogP contribution is -2.19. The molecule has 9 nitrogen and oxygen atoms in total. The molecule has 9 heteroatoms. The second-order valence-corrected chi connectivity index (χ2v) is 8.77. The van der Waals surface area contributed by atoms with E-state index in [9.17, 15) is 10.1 Å². The van der Waals surface area contributed by atoms with E-state index >= 15 is 0 Å². The Morgan fingerprint density at radius 2 is 2.12 bits per heavy atom. The topological polar surface area (TPSA) is 125 Å². The third-order valence-corrected chi connectivity index (χ3v) is 5.19. The third-order valence-electron chi connectivity index (χ3n) is 5.19. The van der Waals surface area contributed by atoms with E-state index in [1.165, 1.54) is 6.20 Å². The Bertz CT molecular complexity index is 1280. The molecule has 0 saturated heterocycles. The number of rotatable bonds is 8. The highest BCUT2D eigenvalue weighted by molar-refractivity contribution is 5.93. The van der Waals surface area contributed by atoms with E-state index in [-0.39, 0.29) is 24.3 Å². The average Bonchev–Trinajstić information content (AvgIpc) is 3.58. The molecule has 33 heavy (non-hydrogen) atoms. The molecule has 1 atom stereocenters.